The minimum Gasteiger partial charge on any atom is -0.438 e. The molecule has 0 heterocycles. The van der Waals surface area contributed by atoms with E-state index in [1.807, 2.05) is 0 Å². The van der Waals surface area contributed by atoms with E-state index in [0.717, 1.165) is 17.5 Å². The number of hydrogen-bond acceptors (Lipinski definition) is 7. The molecule has 0 aliphatic carbocycles. The monoisotopic (exact) mass is 427 g/mol. The highest BCUT2D eigenvalue weighted by molar-refractivity contribution is 7.50. The Balaban J connectivity index is 4.12. The number of carbonyl (C=O) groups is 1. The molecule has 10 heteroatoms. The molecular formula is C18H38NO8P. The second kappa shape index (κ2) is 17.2. The second-order valence-corrected chi connectivity index (χ2v) is 8.56. The molecule has 0 spiro atoms. The number of methoxy groups -OCH3 is 1. The van der Waals surface area contributed by atoms with Gasteiger partial charge in [0.2, 0.25) is 0 Å². The Hall–Kier alpha value is -0.700. The lowest BCUT2D eigenvalue weighted by Crippen LogP contribution is -2.30. The van der Waals surface area contributed by atoms with Gasteiger partial charge >= 0.3 is 13.9 Å². The minimum absolute atomic E-state index is 0.0226. The molecule has 168 valence electrons. The highest BCUT2D eigenvalue weighted by Crippen LogP contribution is 2.44. The Labute approximate surface area is 168 Å². The molecular weight excluding hydrogens is 389 g/mol. The number of nitrogens with zero attached hydrogens (tertiary/aromatic N) is 1. The normalized spacial score (nSPS) is 14.6. The molecule has 0 radical (unpaired) electrons. The Morgan fingerprint density at radius 1 is 1.07 bits per heavy atom. The van der Waals surface area contributed by atoms with E-state index in [2.05, 4.69) is 11.7 Å². The van der Waals surface area contributed by atoms with Gasteiger partial charge in [-0.15, -0.1) is 0 Å². The van der Waals surface area contributed by atoms with Crippen molar-refractivity contribution in [2.24, 2.45) is 0 Å². The van der Waals surface area contributed by atoms with Crippen molar-refractivity contribution in [3.63, 3.8) is 0 Å². The Morgan fingerprint density at radius 2 is 1.68 bits per heavy atom. The summed E-state index contributed by atoms with van der Waals surface area (Å²) in [6.07, 6.45) is 7.69. The average Bonchev–Trinajstić information content (AvgIpc) is 2.67. The summed E-state index contributed by atoms with van der Waals surface area (Å²) in [5, 5.41) is 8.85. The number of unbranched alkanes of at least 4 members (excludes halogenated alkanes) is 7. The maximum absolute atomic E-state index is 12.0. The zero-order chi connectivity index (χ0) is 21.3. The first-order chi connectivity index (χ1) is 13.4. The van der Waals surface area contributed by atoms with Crippen LogP contribution in [-0.4, -0.2) is 74.1 Å². The molecule has 2 unspecified atom stereocenters. The number of rotatable bonds is 18. The van der Waals surface area contributed by atoms with Gasteiger partial charge in [0, 0.05) is 13.2 Å². The van der Waals surface area contributed by atoms with Crippen LogP contribution in [0.4, 0.5) is 4.79 Å². The molecule has 0 aromatic rings. The number of aliphatic hydroxyl groups excluding tert-OH is 1. The molecule has 0 saturated carbocycles. The summed E-state index contributed by atoms with van der Waals surface area (Å²) in [5.74, 6) is 0. The van der Waals surface area contributed by atoms with E-state index in [9.17, 15) is 14.3 Å². The van der Waals surface area contributed by atoms with Gasteiger partial charge in [-0.25, -0.2) is 14.0 Å². The smallest absolute Gasteiger partial charge is 0.438 e. The number of ether oxygens (including phenoxy) is 3. The van der Waals surface area contributed by atoms with E-state index in [1.165, 1.54) is 52.7 Å². The molecule has 0 aromatic heterocycles. The summed E-state index contributed by atoms with van der Waals surface area (Å²) >= 11 is 0. The van der Waals surface area contributed by atoms with Crippen LogP contribution in [0.1, 0.15) is 58.3 Å². The lowest BCUT2D eigenvalue weighted by Gasteiger charge is -2.24. The molecule has 28 heavy (non-hydrogen) atoms. The van der Waals surface area contributed by atoms with Crippen LogP contribution in [0.25, 0.3) is 0 Å². The van der Waals surface area contributed by atoms with Gasteiger partial charge in [0.1, 0.15) is 0 Å². The SMILES string of the molecule is CCCCCCCCCCOCC(COP(=O)(O)N(C)CCO)OC(=O)OC. The summed E-state index contributed by atoms with van der Waals surface area (Å²) in [7, 11) is -1.56. The van der Waals surface area contributed by atoms with E-state index in [-0.39, 0.29) is 26.4 Å². The molecule has 0 bridgehead atoms. The molecule has 2 N–H and O–H groups in total. The number of likely N-dealkylation sites (N-methyl/N-ethyl adjacent to an activating group) is 1. The van der Waals surface area contributed by atoms with Crippen molar-refractivity contribution in [2.75, 3.05) is 47.1 Å². The predicted molar refractivity (Wildman–Crippen MR) is 106 cm³/mol. The first kappa shape index (κ1) is 27.3. The molecule has 9 nitrogen and oxygen atoms in total. The zero-order valence-corrected chi connectivity index (χ0v) is 18.4. The molecule has 0 rings (SSSR count). The van der Waals surface area contributed by atoms with Gasteiger partial charge in [-0.1, -0.05) is 51.9 Å². The molecule has 0 saturated heterocycles. The van der Waals surface area contributed by atoms with E-state index < -0.39 is 20.0 Å². The molecule has 0 aliphatic rings. The first-order valence-electron chi connectivity index (χ1n) is 9.99. The maximum Gasteiger partial charge on any atom is 0.508 e. The molecule has 0 aliphatic heterocycles. The first-order valence-corrected chi connectivity index (χ1v) is 11.5. The maximum atomic E-state index is 12.0. The van der Waals surface area contributed by atoms with Crippen molar-refractivity contribution >= 4 is 13.9 Å². The number of carbonyl (C=O) groups excluding carboxylic acids is 1. The van der Waals surface area contributed by atoms with Gasteiger partial charge in [0.05, 0.1) is 26.9 Å². The molecule has 0 aromatic carbocycles. The van der Waals surface area contributed by atoms with Crippen LogP contribution in [0.2, 0.25) is 0 Å². The Bertz CT molecular complexity index is 438. The quantitative estimate of drug-likeness (QED) is 0.193. The third kappa shape index (κ3) is 14.3. The predicted octanol–water partition coefficient (Wildman–Crippen LogP) is 3.34. The van der Waals surface area contributed by atoms with Crippen LogP contribution >= 0.6 is 7.75 Å². The number of hydrogen-bond donors (Lipinski definition) is 2. The van der Waals surface area contributed by atoms with E-state index in [4.69, 9.17) is 19.1 Å². The van der Waals surface area contributed by atoms with E-state index in [0.29, 0.717) is 6.61 Å². The van der Waals surface area contributed by atoms with Crippen molar-refractivity contribution in [3.05, 3.63) is 0 Å². The summed E-state index contributed by atoms with van der Waals surface area (Å²) in [6, 6.07) is 0. The van der Waals surface area contributed by atoms with Gasteiger partial charge in [0.15, 0.2) is 6.10 Å². The fourth-order valence-corrected chi connectivity index (χ4v) is 3.30. The fraction of sp³-hybridized carbons (Fsp3) is 0.944. The third-order valence-corrected chi connectivity index (χ3v) is 5.71. The van der Waals surface area contributed by atoms with Crippen LogP contribution in [0.3, 0.4) is 0 Å². The average molecular weight is 427 g/mol. The van der Waals surface area contributed by atoms with Gasteiger partial charge in [-0.3, -0.25) is 4.52 Å². The van der Waals surface area contributed by atoms with Crippen LogP contribution < -0.4 is 0 Å². The van der Waals surface area contributed by atoms with Gasteiger partial charge in [0.25, 0.3) is 0 Å². The van der Waals surface area contributed by atoms with Crippen LogP contribution in [0.5, 0.6) is 0 Å². The zero-order valence-electron chi connectivity index (χ0n) is 17.5. The number of aliphatic hydroxyl groups is 1. The van der Waals surface area contributed by atoms with Gasteiger partial charge in [-0.2, -0.15) is 0 Å². The van der Waals surface area contributed by atoms with Crippen LogP contribution in [-0.2, 0) is 23.3 Å². The highest BCUT2D eigenvalue weighted by Gasteiger charge is 2.28. The Kier molecular flexibility index (Phi) is 16.8. The largest absolute Gasteiger partial charge is 0.508 e. The molecule has 0 amide bonds. The second-order valence-electron chi connectivity index (χ2n) is 6.63. The van der Waals surface area contributed by atoms with Crippen LogP contribution in [0.15, 0.2) is 0 Å². The minimum atomic E-state index is -4.09. The Morgan fingerprint density at radius 3 is 2.25 bits per heavy atom. The summed E-state index contributed by atoms with van der Waals surface area (Å²) in [5.41, 5.74) is 0. The van der Waals surface area contributed by atoms with Gasteiger partial charge < -0.3 is 24.2 Å². The highest BCUT2D eigenvalue weighted by atomic mass is 31.2. The standard InChI is InChI=1S/C18H38NO8P/c1-4-5-6-7-8-9-10-11-14-25-15-17(27-18(21)24-3)16-26-28(22,23)19(2)12-13-20/h17,20H,4-16H2,1-3H3,(H,22,23). The fourth-order valence-electron chi connectivity index (χ4n) is 2.40. The van der Waals surface area contributed by atoms with Crippen molar-refractivity contribution in [3.8, 4) is 0 Å². The van der Waals surface area contributed by atoms with Crippen molar-refractivity contribution < 1.29 is 38.1 Å². The van der Waals surface area contributed by atoms with Crippen molar-refractivity contribution in [2.45, 2.75) is 64.4 Å². The summed E-state index contributed by atoms with van der Waals surface area (Å²) < 4.78 is 33.0. The van der Waals surface area contributed by atoms with Crippen molar-refractivity contribution in [1.82, 2.24) is 4.67 Å². The summed E-state index contributed by atoms with van der Waals surface area (Å²) in [4.78, 5) is 21.2. The lowest BCUT2D eigenvalue weighted by atomic mass is 10.1. The third-order valence-electron chi connectivity index (χ3n) is 4.16. The van der Waals surface area contributed by atoms with E-state index in [1.54, 1.807) is 0 Å². The van der Waals surface area contributed by atoms with E-state index >= 15 is 0 Å². The topological polar surface area (TPSA) is 115 Å². The molecule has 0 fully saturated rings. The van der Waals surface area contributed by atoms with Crippen LogP contribution in [0, 0.1) is 0 Å². The molecule has 2 atom stereocenters. The lowest BCUT2D eigenvalue weighted by molar-refractivity contribution is -0.0298. The summed E-state index contributed by atoms with van der Waals surface area (Å²) in [6.45, 7) is 2.12. The van der Waals surface area contributed by atoms with Gasteiger partial charge in [-0.05, 0) is 13.5 Å². The van der Waals surface area contributed by atoms with Crippen molar-refractivity contribution in [1.29, 1.82) is 0 Å².